The van der Waals surface area contributed by atoms with Crippen molar-refractivity contribution in [3.05, 3.63) is 23.9 Å². The number of pyridine rings is 1. The van der Waals surface area contributed by atoms with Gasteiger partial charge in [-0.2, -0.15) is 0 Å². The first kappa shape index (κ1) is 11.4. The minimum Gasteiger partial charge on any atom is -0.394 e. The van der Waals surface area contributed by atoms with Crippen LogP contribution in [0.2, 0.25) is 0 Å². The van der Waals surface area contributed by atoms with Crippen LogP contribution in [0.15, 0.2) is 18.2 Å². The Morgan fingerprint density at radius 1 is 1.44 bits per heavy atom. The van der Waals surface area contributed by atoms with Gasteiger partial charge in [0.1, 0.15) is 5.82 Å². The molecule has 2 rings (SSSR count). The van der Waals surface area contributed by atoms with E-state index in [1.165, 1.54) is 0 Å². The molecule has 2 atom stereocenters. The maximum absolute atomic E-state index is 9.38. The van der Waals surface area contributed by atoms with E-state index in [4.69, 9.17) is 5.11 Å². The zero-order valence-corrected chi connectivity index (χ0v) is 9.50. The molecule has 0 aromatic carbocycles. The van der Waals surface area contributed by atoms with Crippen molar-refractivity contribution in [3.63, 3.8) is 0 Å². The Labute approximate surface area is 95.5 Å². The lowest BCUT2D eigenvalue weighted by atomic mass is 10.0. The number of hydrogen-bond donors (Lipinski definition) is 2. The molecule has 1 aromatic heterocycles. The maximum Gasteiger partial charge on any atom is 0.129 e. The predicted octanol–water partition coefficient (Wildman–Crippen LogP) is 0.781. The van der Waals surface area contributed by atoms with Crippen molar-refractivity contribution in [2.75, 3.05) is 18.1 Å². The summed E-state index contributed by atoms with van der Waals surface area (Å²) in [4.78, 5) is 6.50. The predicted molar refractivity (Wildman–Crippen MR) is 62.2 cm³/mol. The highest BCUT2D eigenvalue weighted by atomic mass is 16.3. The quantitative estimate of drug-likeness (QED) is 0.793. The minimum atomic E-state index is -0.0406. The normalized spacial score (nSPS) is 25.1. The van der Waals surface area contributed by atoms with Crippen molar-refractivity contribution in [2.45, 2.75) is 26.0 Å². The summed E-state index contributed by atoms with van der Waals surface area (Å²) >= 11 is 0. The molecule has 0 spiro atoms. The molecule has 1 aliphatic heterocycles. The van der Waals surface area contributed by atoms with Crippen molar-refractivity contribution in [1.29, 1.82) is 0 Å². The lowest BCUT2D eigenvalue weighted by Gasteiger charge is -2.26. The summed E-state index contributed by atoms with van der Waals surface area (Å²) in [5.41, 5.74) is 0.675. The Bertz CT molecular complexity index is 357. The Morgan fingerprint density at radius 2 is 2.25 bits per heavy atom. The fourth-order valence-electron chi connectivity index (χ4n) is 2.29. The molecule has 0 bridgehead atoms. The molecule has 1 aliphatic rings. The average molecular weight is 222 g/mol. The van der Waals surface area contributed by atoms with Gasteiger partial charge in [0, 0.05) is 6.54 Å². The maximum atomic E-state index is 9.38. The number of nitrogens with zero attached hydrogens (tertiary/aromatic N) is 2. The summed E-state index contributed by atoms with van der Waals surface area (Å²) < 4.78 is 0. The molecule has 1 saturated heterocycles. The van der Waals surface area contributed by atoms with E-state index in [1.807, 2.05) is 12.1 Å². The molecule has 0 radical (unpaired) electrons. The van der Waals surface area contributed by atoms with Crippen molar-refractivity contribution < 1.29 is 10.2 Å². The fourth-order valence-corrected chi connectivity index (χ4v) is 2.29. The molecule has 2 unspecified atom stereocenters. The first-order valence-electron chi connectivity index (χ1n) is 5.70. The van der Waals surface area contributed by atoms with Gasteiger partial charge in [-0.05, 0) is 24.5 Å². The van der Waals surface area contributed by atoms with E-state index in [0.29, 0.717) is 11.6 Å². The first-order valence-corrected chi connectivity index (χ1v) is 5.70. The molecule has 2 N–H and O–H groups in total. The lowest BCUT2D eigenvalue weighted by molar-refractivity contribution is 0.244. The number of aromatic nitrogens is 1. The Balaban J connectivity index is 2.22. The van der Waals surface area contributed by atoms with E-state index in [0.717, 1.165) is 18.8 Å². The van der Waals surface area contributed by atoms with Crippen LogP contribution in [0.3, 0.4) is 0 Å². The fraction of sp³-hybridized carbons (Fsp3) is 0.583. The second kappa shape index (κ2) is 4.80. The van der Waals surface area contributed by atoms with Gasteiger partial charge in [-0.15, -0.1) is 0 Å². The van der Waals surface area contributed by atoms with Gasteiger partial charge in [0.2, 0.25) is 0 Å². The van der Waals surface area contributed by atoms with E-state index in [2.05, 4.69) is 16.8 Å². The van der Waals surface area contributed by atoms with E-state index in [9.17, 15) is 5.11 Å². The topological polar surface area (TPSA) is 56.6 Å². The molecule has 0 aliphatic carbocycles. The SMILES string of the molecule is CC1CCN(c2cccc(CO)n2)C1CO. The molecule has 1 fully saturated rings. The van der Waals surface area contributed by atoms with Crippen LogP contribution in [0, 0.1) is 5.92 Å². The third kappa shape index (κ3) is 2.03. The van der Waals surface area contributed by atoms with Crippen molar-refractivity contribution in [3.8, 4) is 0 Å². The smallest absolute Gasteiger partial charge is 0.129 e. The van der Waals surface area contributed by atoms with Crippen molar-refractivity contribution >= 4 is 5.82 Å². The van der Waals surface area contributed by atoms with Gasteiger partial charge in [0.05, 0.1) is 24.9 Å². The molecule has 4 nitrogen and oxygen atoms in total. The molecule has 88 valence electrons. The first-order chi connectivity index (χ1) is 7.76. The van der Waals surface area contributed by atoms with E-state index >= 15 is 0 Å². The summed E-state index contributed by atoms with van der Waals surface area (Å²) in [6.07, 6.45) is 1.08. The highest BCUT2D eigenvalue weighted by Gasteiger charge is 2.31. The molecule has 2 heterocycles. The Kier molecular flexibility index (Phi) is 3.41. The van der Waals surface area contributed by atoms with Crippen LogP contribution in [0.4, 0.5) is 5.82 Å². The zero-order valence-electron chi connectivity index (χ0n) is 9.50. The van der Waals surface area contributed by atoms with Gasteiger partial charge >= 0.3 is 0 Å². The van der Waals surface area contributed by atoms with Crippen LogP contribution in [-0.4, -0.2) is 34.4 Å². The molecular weight excluding hydrogens is 204 g/mol. The number of aliphatic hydroxyl groups is 2. The lowest BCUT2D eigenvalue weighted by Crippen LogP contribution is -2.35. The van der Waals surface area contributed by atoms with Crippen LogP contribution in [0.1, 0.15) is 19.0 Å². The number of rotatable bonds is 3. The monoisotopic (exact) mass is 222 g/mol. The van der Waals surface area contributed by atoms with Gasteiger partial charge in [-0.1, -0.05) is 13.0 Å². The highest BCUT2D eigenvalue weighted by Crippen LogP contribution is 2.28. The summed E-state index contributed by atoms with van der Waals surface area (Å²) in [5.74, 6) is 1.35. The van der Waals surface area contributed by atoms with Gasteiger partial charge < -0.3 is 15.1 Å². The van der Waals surface area contributed by atoms with E-state index in [-0.39, 0.29) is 19.3 Å². The standard InChI is InChI=1S/C12H18N2O2/c1-9-5-6-14(11(9)8-16)12-4-2-3-10(7-15)13-12/h2-4,9,11,15-16H,5-8H2,1H3. The molecule has 0 saturated carbocycles. The molecule has 0 amide bonds. The zero-order chi connectivity index (χ0) is 11.5. The summed E-state index contributed by atoms with van der Waals surface area (Å²) in [6, 6.07) is 5.78. The van der Waals surface area contributed by atoms with Gasteiger partial charge in [0.15, 0.2) is 0 Å². The minimum absolute atomic E-state index is 0.0406. The summed E-state index contributed by atoms with van der Waals surface area (Å²) in [6.45, 7) is 3.19. The average Bonchev–Trinajstić information content (AvgIpc) is 2.70. The molecule has 1 aromatic rings. The van der Waals surface area contributed by atoms with Crippen LogP contribution in [-0.2, 0) is 6.61 Å². The second-order valence-corrected chi connectivity index (χ2v) is 4.35. The van der Waals surface area contributed by atoms with Gasteiger partial charge in [-0.3, -0.25) is 0 Å². The van der Waals surface area contributed by atoms with E-state index in [1.54, 1.807) is 6.07 Å². The third-order valence-corrected chi connectivity index (χ3v) is 3.32. The highest BCUT2D eigenvalue weighted by molar-refractivity contribution is 5.42. The molecule has 16 heavy (non-hydrogen) atoms. The number of hydrogen-bond acceptors (Lipinski definition) is 4. The van der Waals surface area contributed by atoms with E-state index < -0.39 is 0 Å². The van der Waals surface area contributed by atoms with Crippen LogP contribution >= 0.6 is 0 Å². The van der Waals surface area contributed by atoms with Crippen molar-refractivity contribution in [1.82, 2.24) is 4.98 Å². The largest absolute Gasteiger partial charge is 0.394 e. The number of anilines is 1. The summed E-state index contributed by atoms with van der Waals surface area (Å²) in [7, 11) is 0. The summed E-state index contributed by atoms with van der Waals surface area (Å²) in [5, 5.41) is 18.4. The third-order valence-electron chi connectivity index (χ3n) is 3.32. The number of aliphatic hydroxyl groups excluding tert-OH is 2. The molecule has 4 heteroatoms. The van der Waals surface area contributed by atoms with Gasteiger partial charge in [-0.25, -0.2) is 4.98 Å². The van der Waals surface area contributed by atoms with Crippen LogP contribution < -0.4 is 4.90 Å². The Hall–Kier alpha value is -1.13. The van der Waals surface area contributed by atoms with Crippen LogP contribution in [0.5, 0.6) is 0 Å². The second-order valence-electron chi connectivity index (χ2n) is 4.35. The Morgan fingerprint density at radius 3 is 2.94 bits per heavy atom. The van der Waals surface area contributed by atoms with Crippen LogP contribution in [0.25, 0.3) is 0 Å². The van der Waals surface area contributed by atoms with Gasteiger partial charge in [0.25, 0.3) is 0 Å². The van der Waals surface area contributed by atoms with Crippen molar-refractivity contribution in [2.24, 2.45) is 5.92 Å². The molecular formula is C12H18N2O2.